The van der Waals surface area contributed by atoms with Gasteiger partial charge >= 0.3 is 0 Å². The number of hydrogen-bond acceptors (Lipinski definition) is 2. The number of nitrogens with zero attached hydrogens (tertiary/aromatic N) is 2. The molecule has 3 rings (SSSR count). The smallest absolute Gasteiger partial charge is 0.0644 e. The monoisotopic (exact) mass is 324 g/mol. The normalized spacial score (nSPS) is 12.9. The first kappa shape index (κ1) is 16.8. The topological polar surface area (TPSA) is 45.6 Å². The zero-order valence-electron chi connectivity index (χ0n) is 15.4. The summed E-state index contributed by atoms with van der Waals surface area (Å²) in [5.41, 5.74) is 7.65. The molecule has 0 aliphatic rings. The summed E-state index contributed by atoms with van der Waals surface area (Å²) in [5.74, 6) is 0. The minimum atomic E-state index is 0.317. The number of aromatic amines is 1. The van der Waals surface area contributed by atoms with E-state index in [1.54, 1.807) is 0 Å². The summed E-state index contributed by atoms with van der Waals surface area (Å²) in [4.78, 5) is 3.39. The van der Waals surface area contributed by atoms with E-state index >= 15 is 0 Å². The summed E-state index contributed by atoms with van der Waals surface area (Å²) in [7, 11) is 0. The lowest BCUT2D eigenvalue weighted by Crippen LogP contribution is -2.22. The van der Waals surface area contributed by atoms with Crippen molar-refractivity contribution >= 4 is 10.9 Å². The average molecular weight is 324 g/mol. The number of aryl methyl sites for hydroxylation is 3. The number of nitrogens with one attached hydrogen (secondary N) is 2. The van der Waals surface area contributed by atoms with Gasteiger partial charge in [0.25, 0.3) is 0 Å². The molecule has 0 fully saturated rings. The van der Waals surface area contributed by atoms with Crippen molar-refractivity contribution in [1.82, 2.24) is 20.1 Å². The van der Waals surface area contributed by atoms with E-state index < -0.39 is 0 Å². The molecule has 0 radical (unpaired) electrons. The predicted octanol–water partition coefficient (Wildman–Crippen LogP) is 4.20. The molecule has 4 heteroatoms. The van der Waals surface area contributed by atoms with E-state index in [2.05, 4.69) is 79.1 Å². The van der Waals surface area contributed by atoms with Crippen LogP contribution in [0, 0.1) is 20.8 Å². The molecule has 128 valence electrons. The molecular formula is C20H28N4. The molecule has 2 N–H and O–H groups in total. The minimum absolute atomic E-state index is 0.317. The molecule has 1 atom stereocenters. The molecule has 0 aliphatic heterocycles. The molecule has 0 aliphatic carbocycles. The largest absolute Gasteiger partial charge is 0.361 e. The molecule has 24 heavy (non-hydrogen) atoms. The highest BCUT2D eigenvalue weighted by atomic mass is 15.3. The molecule has 0 saturated heterocycles. The lowest BCUT2D eigenvalue weighted by molar-refractivity contribution is 0.569. The zero-order valence-corrected chi connectivity index (χ0v) is 15.4. The van der Waals surface area contributed by atoms with Gasteiger partial charge in [-0.2, -0.15) is 5.10 Å². The van der Waals surface area contributed by atoms with Crippen LogP contribution < -0.4 is 5.32 Å². The van der Waals surface area contributed by atoms with E-state index in [-0.39, 0.29) is 0 Å². The van der Waals surface area contributed by atoms with Crippen molar-refractivity contribution in [2.75, 3.05) is 6.54 Å². The van der Waals surface area contributed by atoms with Crippen molar-refractivity contribution in [3.63, 3.8) is 0 Å². The third kappa shape index (κ3) is 3.11. The standard InChI is InChI=1S/C20H28N4/c1-6-24-16(5)20(15(4)23-24)14(3)21-10-9-17-12-22-19-11-13(2)7-8-18(17)19/h7-8,11-12,14,21-22H,6,9-10H2,1-5H3. The maximum absolute atomic E-state index is 4.63. The van der Waals surface area contributed by atoms with Crippen molar-refractivity contribution < 1.29 is 0 Å². The van der Waals surface area contributed by atoms with Gasteiger partial charge in [-0.1, -0.05) is 12.1 Å². The molecule has 4 nitrogen and oxygen atoms in total. The third-order valence-electron chi connectivity index (χ3n) is 4.94. The molecule has 1 aromatic carbocycles. The molecule has 2 heterocycles. The van der Waals surface area contributed by atoms with Crippen LogP contribution in [0.3, 0.4) is 0 Å². The SMILES string of the molecule is CCn1nc(C)c(C(C)NCCc2c[nH]c3cc(C)ccc23)c1C. The number of aromatic nitrogens is 3. The number of H-pyrrole nitrogens is 1. The summed E-state index contributed by atoms with van der Waals surface area (Å²) in [6.07, 6.45) is 3.16. The second-order valence-corrected chi connectivity index (χ2v) is 6.69. The quantitative estimate of drug-likeness (QED) is 0.714. The Kier molecular flexibility index (Phi) is 4.76. The number of fused-ring (bicyclic) bond motifs is 1. The van der Waals surface area contributed by atoms with Crippen LogP contribution in [0.1, 0.15) is 48.0 Å². The molecular weight excluding hydrogens is 296 g/mol. The lowest BCUT2D eigenvalue weighted by Gasteiger charge is -2.15. The van der Waals surface area contributed by atoms with Crippen LogP contribution in [0.4, 0.5) is 0 Å². The summed E-state index contributed by atoms with van der Waals surface area (Å²) in [6, 6.07) is 6.93. The van der Waals surface area contributed by atoms with Gasteiger partial charge in [0.2, 0.25) is 0 Å². The van der Waals surface area contributed by atoms with Gasteiger partial charge in [0.05, 0.1) is 5.69 Å². The van der Waals surface area contributed by atoms with Gasteiger partial charge in [-0.15, -0.1) is 0 Å². The van der Waals surface area contributed by atoms with E-state index in [0.29, 0.717) is 6.04 Å². The first-order valence-corrected chi connectivity index (χ1v) is 8.85. The highest BCUT2D eigenvalue weighted by molar-refractivity contribution is 5.83. The van der Waals surface area contributed by atoms with E-state index in [9.17, 15) is 0 Å². The van der Waals surface area contributed by atoms with Gasteiger partial charge in [-0.05, 0) is 64.8 Å². The second kappa shape index (κ2) is 6.81. The Labute approximate surface area is 144 Å². The van der Waals surface area contributed by atoms with Crippen molar-refractivity contribution in [2.24, 2.45) is 0 Å². The molecule has 2 aromatic heterocycles. The third-order valence-corrected chi connectivity index (χ3v) is 4.94. The van der Waals surface area contributed by atoms with Gasteiger partial charge in [0.1, 0.15) is 0 Å². The molecule has 0 bridgehead atoms. The summed E-state index contributed by atoms with van der Waals surface area (Å²) in [6.45, 7) is 12.7. The number of hydrogen-bond donors (Lipinski definition) is 2. The van der Waals surface area contributed by atoms with Crippen molar-refractivity contribution in [3.05, 3.63) is 52.5 Å². The zero-order chi connectivity index (χ0) is 17.3. The van der Waals surface area contributed by atoms with Gasteiger partial charge in [-0.25, -0.2) is 0 Å². The predicted molar refractivity (Wildman–Crippen MR) is 101 cm³/mol. The summed E-state index contributed by atoms with van der Waals surface area (Å²) in [5, 5.41) is 9.63. The fourth-order valence-corrected chi connectivity index (χ4v) is 3.68. The Balaban J connectivity index is 1.66. The molecule has 1 unspecified atom stereocenters. The minimum Gasteiger partial charge on any atom is -0.361 e. The van der Waals surface area contributed by atoms with Crippen LogP contribution in [0.2, 0.25) is 0 Å². The Bertz CT molecular complexity index is 841. The highest BCUT2D eigenvalue weighted by Gasteiger charge is 2.16. The fraction of sp³-hybridized carbons (Fsp3) is 0.450. The van der Waals surface area contributed by atoms with E-state index in [0.717, 1.165) is 25.2 Å². The van der Waals surface area contributed by atoms with Crippen LogP contribution in [0.15, 0.2) is 24.4 Å². The van der Waals surface area contributed by atoms with Gasteiger partial charge in [0, 0.05) is 40.9 Å². The summed E-state index contributed by atoms with van der Waals surface area (Å²) < 4.78 is 2.09. The van der Waals surface area contributed by atoms with Gasteiger partial charge < -0.3 is 10.3 Å². The van der Waals surface area contributed by atoms with Crippen LogP contribution in [0.5, 0.6) is 0 Å². The van der Waals surface area contributed by atoms with Crippen molar-refractivity contribution in [2.45, 2.75) is 53.6 Å². The van der Waals surface area contributed by atoms with E-state index in [1.165, 1.54) is 33.3 Å². The maximum Gasteiger partial charge on any atom is 0.0644 e. The van der Waals surface area contributed by atoms with E-state index in [4.69, 9.17) is 0 Å². The Morgan fingerprint density at radius 2 is 2.04 bits per heavy atom. The highest BCUT2D eigenvalue weighted by Crippen LogP contribution is 2.22. The van der Waals surface area contributed by atoms with Crippen molar-refractivity contribution in [1.29, 1.82) is 0 Å². The summed E-state index contributed by atoms with van der Waals surface area (Å²) >= 11 is 0. The molecule has 0 amide bonds. The number of rotatable bonds is 6. The molecule has 0 spiro atoms. The van der Waals surface area contributed by atoms with Crippen LogP contribution in [0.25, 0.3) is 10.9 Å². The van der Waals surface area contributed by atoms with Crippen LogP contribution in [-0.2, 0) is 13.0 Å². The second-order valence-electron chi connectivity index (χ2n) is 6.69. The van der Waals surface area contributed by atoms with Crippen LogP contribution in [-0.4, -0.2) is 21.3 Å². The Morgan fingerprint density at radius 3 is 2.75 bits per heavy atom. The van der Waals surface area contributed by atoms with Gasteiger partial charge in [0.15, 0.2) is 0 Å². The first-order chi connectivity index (χ1) is 11.5. The fourth-order valence-electron chi connectivity index (χ4n) is 3.68. The lowest BCUT2D eigenvalue weighted by atomic mass is 10.1. The molecule has 3 aromatic rings. The Morgan fingerprint density at radius 1 is 1.25 bits per heavy atom. The van der Waals surface area contributed by atoms with Gasteiger partial charge in [-0.3, -0.25) is 4.68 Å². The number of benzene rings is 1. The molecule has 0 saturated carbocycles. The average Bonchev–Trinajstić information content (AvgIpc) is 3.07. The maximum atomic E-state index is 4.63. The van der Waals surface area contributed by atoms with E-state index in [1.807, 2.05) is 0 Å². The first-order valence-electron chi connectivity index (χ1n) is 8.85. The Hall–Kier alpha value is -2.07. The van der Waals surface area contributed by atoms with Crippen LogP contribution >= 0.6 is 0 Å². The van der Waals surface area contributed by atoms with Crippen molar-refractivity contribution in [3.8, 4) is 0 Å².